The van der Waals surface area contributed by atoms with Crippen LogP contribution in [-0.4, -0.2) is 24.2 Å². The summed E-state index contributed by atoms with van der Waals surface area (Å²) >= 11 is 0. The lowest BCUT2D eigenvalue weighted by molar-refractivity contribution is 0.268. The molecule has 2 aromatic rings. The van der Waals surface area contributed by atoms with Gasteiger partial charge in [0.25, 0.3) is 0 Å². The van der Waals surface area contributed by atoms with Gasteiger partial charge in [-0.05, 0) is 30.2 Å². The number of hydrogen-bond donors (Lipinski definition) is 3. The van der Waals surface area contributed by atoms with Crippen molar-refractivity contribution >= 4 is 11.6 Å². The molecule has 0 saturated heterocycles. The number of nitrogens with one attached hydrogen (secondary N) is 1. The number of guanidine groups is 1. The van der Waals surface area contributed by atoms with Crippen molar-refractivity contribution in [3.05, 3.63) is 65.7 Å². The van der Waals surface area contributed by atoms with Crippen LogP contribution in [0.1, 0.15) is 17.0 Å². The van der Waals surface area contributed by atoms with Crippen LogP contribution in [0.4, 0.5) is 5.69 Å². The zero-order valence-electron chi connectivity index (χ0n) is 12.2. The molecule has 4 nitrogen and oxygen atoms in total. The Labute approximate surface area is 125 Å². The van der Waals surface area contributed by atoms with Gasteiger partial charge in [-0.1, -0.05) is 42.5 Å². The maximum Gasteiger partial charge on any atom is 0.193 e. The number of nitrogens with two attached hydrogens (primary N) is 1. The largest absolute Gasteiger partial charge is 0.396 e. The molecular weight excluding hydrogens is 262 g/mol. The number of nitrogens with zero attached hydrogens (tertiary/aromatic N) is 1. The second-order valence-corrected chi connectivity index (χ2v) is 5.01. The third-order valence-electron chi connectivity index (χ3n) is 3.26. The van der Waals surface area contributed by atoms with E-state index in [1.165, 1.54) is 0 Å². The fourth-order valence-corrected chi connectivity index (χ4v) is 2.11. The van der Waals surface area contributed by atoms with Crippen LogP contribution in [0.5, 0.6) is 0 Å². The van der Waals surface area contributed by atoms with Crippen LogP contribution in [0.15, 0.2) is 59.6 Å². The summed E-state index contributed by atoms with van der Waals surface area (Å²) in [5.74, 6) is 0.319. The molecule has 0 heterocycles. The Bertz CT molecular complexity index is 596. The van der Waals surface area contributed by atoms with E-state index in [9.17, 15) is 5.11 Å². The normalized spacial score (nSPS) is 13.0. The lowest BCUT2D eigenvalue weighted by Crippen LogP contribution is -2.24. The first kappa shape index (κ1) is 15.1. The number of anilines is 1. The second kappa shape index (κ2) is 7.45. The van der Waals surface area contributed by atoms with Crippen molar-refractivity contribution in [3.8, 4) is 0 Å². The van der Waals surface area contributed by atoms with Crippen LogP contribution in [-0.2, 0) is 0 Å². The standard InChI is InChI=1S/C17H21N3O/c1-13-6-5-9-16(10-13)20-17(18)19-11-15(12-21)14-7-3-2-4-8-14/h2-10,15,21H,11-12H2,1H3,(H3,18,19,20). The number of aryl methyl sites for hydroxylation is 1. The molecule has 4 heteroatoms. The summed E-state index contributed by atoms with van der Waals surface area (Å²) in [4.78, 5) is 4.32. The summed E-state index contributed by atoms with van der Waals surface area (Å²) in [6, 6.07) is 17.8. The topological polar surface area (TPSA) is 70.6 Å². The van der Waals surface area contributed by atoms with E-state index in [1.54, 1.807) is 0 Å². The zero-order valence-corrected chi connectivity index (χ0v) is 12.2. The van der Waals surface area contributed by atoms with Crippen LogP contribution in [0.3, 0.4) is 0 Å². The van der Waals surface area contributed by atoms with Crippen LogP contribution in [0.2, 0.25) is 0 Å². The van der Waals surface area contributed by atoms with Crippen molar-refractivity contribution in [1.29, 1.82) is 0 Å². The van der Waals surface area contributed by atoms with Gasteiger partial charge in [-0.25, -0.2) is 0 Å². The van der Waals surface area contributed by atoms with Crippen LogP contribution in [0.25, 0.3) is 0 Å². The summed E-state index contributed by atoms with van der Waals surface area (Å²) in [6.45, 7) is 2.52. The molecule has 0 amide bonds. The molecule has 0 aromatic heterocycles. The zero-order chi connectivity index (χ0) is 15.1. The Hall–Kier alpha value is -2.33. The molecule has 0 bridgehead atoms. The molecule has 1 unspecified atom stereocenters. The van der Waals surface area contributed by atoms with Gasteiger partial charge in [0, 0.05) is 11.6 Å². The monoisotopic (exact) mass is 283 g/mol. The molecule has 0 saturated carbocycles. The Morgan fingerprint density at radius 1 is 1.19 bits per heavy atom. The van der Waals surface area contributed by atoms with Crippen LogP contribution >= 0.6 is 0 Å². The number of aliphatic hydroxyl groups excluding tert-OH is 1. The minimum atomic E-state index is -0.0379. The highest BCUT2D eigenvalue weighted by Gasteiger charge is 2.09. The van der Waals surface area contributed by atoms with Gasteiger partial charge in [-0.15, -0.1) is 0 Å². The Morgan fingerprint density at radius 2 is 1.95 bits per heavy atom. The highest BCUT2D eigenvalue weighted by Crippen LogP contribution is 2.15. The van der Waals surface area contributed by atoms with Crippen molar-refractivity contribution < 1.29 is 5.11 Å². The maximum atomic E-state index is 9.49. The smallest absolute Gasteiger partial charge is 0.193 e. The summed E-state index contributed by atoms with van der Waals surface area (Å²) in [6.07, 6.45) is 0. The van der Waals surface area contributed by atoms with Gasteiger partial charge in [0.2, 0.25) is 0 Å². The number of aliphatic imine (C=N–C) groups is 1. The van der Waals surface area contributed by atoms with E-state index >= 15 is 0 Å². The first-order chi connectivity index (χ1) is 10.2. The van der Waals surface area contributed by atoms with E-state index in [0.29, 0.717) is 12.5 Å². The average molecular weight is 283 g/mol. The summed E-state index contributed by atoms with van der Waals surface area (Å²) < 4.78 is 0. The van der Waals surface area contributed by atoms with Crippen molar-refractivity contribution in [1.82, 2.24) is 0 Å². The van der Waals surface area contributed by atoms with Gasteiger partial charge in [0.15, 0.2) is 5.96 Å². The molecule has 0 fully saturated rings. The highest BCUT2D eigenvalue weighted by atomic mass is 16.3. The minimum Gasteiger partial charge on any atom is -0.396 e. The third-order valence-corrected chi connectivity index (χ3v) is 3.26. The number of rotatable bonds is 5. The first-order valence-electron chi connectivity index (χ1n) is 6.98. The SMILES string of the molecule is Cc1cccc(NC(N)=NCC(CO)c2ccccc2)c1. The van der Waals surface area contributed by atoms with Crippen LogP contribution in [0, 0.1) is 6.92 Å². The van der Waals surface area contributed by atoms with Gasteiger partial charge >= 0.3 is 0 Å². The molecule has 2 rings (SSSR count). The quantitative estimate of drug-likeness (QED) is 0.583. The van der Waals surface area contributed by atoms with Crippen molar-refractivity contribution in [3.63, 3.8) is 0 Å². The number of benzene rings is 2. The molecule has 21 heavy (non-hydrogen) atoms. The van der Waals surface area contributed by atoms with E-state index in [4.69, 9.17) is 5.73 Å². The van der Waals surface area contributed by atoms with Gasteiger partial charge in [0.05, 0.1) is 13.2 Å². The summed E-state index contributed by atoms with van der Waals surface area (Å²) in [7, 11) is 0. The molecule has 0 radical (unpaired) electrons. The van der Waals surface area contributed by atoms with Gasteiger partial charge in [-0.3, -0.25) is 4.99 Å². The van der Waals surface area contributed by atoms with Gasteiger partial charge in [-0.2, -0.15) is 0 Å². The fourth-order valence-electron chi connectivity index (χ4n) is 2.11. The Balaban J connectivity index is 1.99. The predicted molar refractivity (Wildman–Crippen MR) is 87.6 cm³/mol. The van der Waals surface area contributed by atoms with E-state index in [-0.39, 0.29) is 12.5 Å². The molecule has 4 N–H and O–H groups in total. The minimum absolute atomic E-state index is 0.0379. The molecule has 0 aliphatic carbocycles. The second-order valence-electron chi connectivity index (χ2n) is 5.01. The highest BCUT2D eigenvalue weighted by molar-refractivity contribution is 5.92. The van der Waals surface area contributed by atoms with Crippen molar-refractivity contribution in [2.45, 2.75) is 12.8 Å². The van der Waals surface area contributed by atoms with Crippen molar-refractivity contribution in [2.24, 2.45) is 10.7 Å². The lowest BCUT2D eigenvalue weighted by Gasteiger charge is -2.13. The molecule has 2 aromatic carbocycles. The Kier molecular flexibility index (Phi) is 5.35. The lowest BCUT2D eigenvalue weighted by atomic mass is 10.0. The van der Waals surface area contributed by atoms with E-state index in [2.05, 4.69) is 10.3 Å². The third kappa shape index (κ3) is 4.61. The van der Waals surface area contributed by atoms with Crippen LogP contribution < -0.4 is 11.1 Å². The molecule has 0 spiro atoms. The van der Waals surface area contributed by atoms with Crippen molar-refractivity contribution in [2.75, 3.05) is 18.5 Å². The average Bonchev–Trinajstić information content (AvgIpc) is 2.49. The van der Waals surface area contributed by atoms with E-state index < -0.39 is 0 Å². The van der Waals surface area contributed by atoms with Gasteiger partial charge in [0.1, 0.15) is 0 Å². The molecule has 0 aliphatic rings. The number of aliphatic hydroxyl groups is 1. The molecule has 110 valence electrons. The Morgan fingerprint density at radius 3 is 2.62 bits per heavy atom. The summed E-state index contributed by atoms with van der Waals surface area (Å²) in [5, 5.41) is 12.5. The fraction of sp³-hybridized carbons (Fsp3) is 0.235. The van der Waals surface area contributed by atoms with E-state index in [0.717, 1.165) is 16.8 Å². The van der Waals surface area contributed by atoms with E-state index in [1.807, 2.05) is 61.5 Å². The molecule has 0 aliphatic heterocycles. The summed E-state index contributed by atoms with van der Waals surface area (Å²) in [5.41, 5.74) is 9.03. The number of hydrogen-bond acceptors (Lipinski definition) is 2. The molecule has 1 atom stereocenters. The van der Waals surface area contributed by atoms with Gasteiger partial charge < -0.3 is 16.2 Å². The predicted octanol–water partition coefficient (Wildman–Crippen LogP) is 2.50. The maximum absolute atomic E-state index is 9.49. The first-order valence-corrected chi connectivity index (χ1v) is 6.98. The molecular formula is C17H21N3O.